The van der Waals surface area contributed by atoms with E-state index in [4.69, 9.17) is 26.8 Å². The molecule has 178 valence electrons. The molecule has 0 aliphatic carbocycles. The SMILES string of the molecule is CC1(C)CC(NS(=O)(=O)c2ccc(OCc3ccc(F)cc3Cl)cc2)(C(=O)O)C(C(N)=O)O1. The molecule has 4 N–H and O–H groups in total. The number of hydrogen-bond donors (Lipinski definition) is 3. The van der Waals surface area contributed by atoms with E-state index >= 15 is 0 Å². The minimum absolute atomic E-state index is 0.0122. The lowest BCUT2D eigenvalue weighted by molar-refractivity contribution is -0.151. The summed E-state index contributed by atoms with van der Waals surface area (Å²) in [6.45, 7) is 3.07. The summed E-state index contributed by atoms with van der Waals surface area (Å²) in [7, 11) is -4.40. The van der Waals surface area contributed by atoms with Crippen molar-refractivity contribution < 1.29 is 37.0 Å². The monoisotopic (exact) mass is 500 g/mol. The molecule has 2 aromatic carbocycles. The van der Waals surface area contributed by atoms with Crippen LogP contribution in [0.15, 0.2) is 47.4 Å². The molecule has 1 heterocycles. The zero-order chi connectivity index (χ0) is 24.6. The van der Waals surface area contributed by atoms with Crippen molar-refractivity contribution >= 4 is 33.5 Å². The third kappa shape index (κ3) is 5.27. The van der Waals surface area contributed by atoms with Gasteiger partial charge in [-0.05, 0) is 50.2 Å². The number of carboxylic acids is 1. The molecule has 2 atom stereocenters. The lowest BCUT2D eigenvalue weighted by Gasteiger charge is -2.28. The first-order chi connectivity index (χ1) is 15.3. The predicted octanol–water partition coefficient (Wildman–Crippen LogP) is 2.21. The van der Waals surface area contributed by atoms with Gasteiger partial charge in [-0.1, -0.05) is 17.7 Å². The van der Waals surface area contributed by atoms with Crippen LogP contribution in [0.2, 0.25) is 5.02 Å². The van der Waals surface area contributed by atoms with Gasteiger partial charge in [0, 0.05) is 12.0 Å². The molecule has 0 spiro atoms. The highest BCUT2D eigenvalue weighted by molar-refractivity contribution is 7.89. The number of rotatable bonds is 8. The first kappa shape index (κ1) is 24.9. The van der Waals surface area contributed by atoms with Gasteiger partial charge in [-0.15, -0.1) is 0 Å². The molecule has 1 aliphatic rings. The van der Waals surface area contributed by atoms with Crippen molar-refractivity contribution in [3.8, 4) is 5.75 Å². The average molecular weight is 501 g/mol. The van der Waals surface area contributed by atoms with Gasteiger partial charge in [-0.3, -0.25) is 9.59 Å². The molecule has 1 aliphatic heterocycles. The highest BCUT2D eigenvalue weighted by Crippen LogP contribution is 2.39. The summed E-state index contributed by atoms with van der Waals surface area (Å²) in [5, 5.41) is 10.0. The first-order valence-electron chi connectivity index (χ1n) is 9.67. The van der Waals surface area contributed by atoms with Crippen LogP contribution in [0.25, 0.3) is 0 Å². The van der Waals surface area contributed by atoms with E-state index in [1.807, 2.05) is 0 Å². The van der Waals surface area contributed by atoms with Gasteiger partial charge in [0.2, 0.25) is 15.9 Å². The number of amides is 1. The van der Waals surface area contributed by atoms with Gasteiger partial charge in [0.1, 0.15) is 18.2 Å². The van der Waals surface area contributed by atoms with Gasteiger partial charge in [0.15, 0.2) is 11.6 Å². The number of carboxylic acid groups (broad SMARTS) is 1. The van der Waals surface area contributed by atoms with Crippen molar-refractivity contribution in [3.63, 3.8) is 0 Å². The number of nitrogens with two attached hydrogens (primary N) is 1. The number of halogens is 2. The van der Waals surface area contributed by atoms with Crippen LogP contribution >= 0.6 is 11.6 Å². The summed E-state index contributed by atoms with van der Waals surface area (Å²) in [6.07, 6.45) is -2.02. The average Bonchev–Trinajstić information content (AvgIpc) is 2.99. The van der Waals surface area contributed by atoms with Crippen LogP contribution in [-0.2, 0) is 31.0 Å². The molecule has 1 saturated heterocycles. The maximum Gasteiger partial charge on any atom is 0.328 e. The van der Waals surface area contributed by atoms with Gasteiger partial charge in [0.25, 0.3) is 0 Å². The van der Waals surface area contributed by atoms with Crippen LogP contribution in [0.3, 0.4) is 0 Å². The normalized spacial score (nSPS) is 22.1. The van der Waals surface area contributed by atoms with Crippen LogP contribution in [0.4, 0.5) is 4.39 Å². The molecule has 0 radical (unpaired) electrons. The third-order valence-electron chi connectivity index (χ3n) is 5.09. The molecule has 9 nitrogen and oxygen atoms in total. The second-order valence-electron chi connectivity index (χ2n) is 8.21. The van der Waals surface area contributed by atoms with Crippen LogP contribution in [-0.4, -0.2) is 42.6 Å². The minimum atomic E-state index is -4.40. The summed E-state index contributed by atoms with van der Waals surface area (Å²) < 4.78 is 52.2. The summed E-state index contributed by atoms with van der Waals surface area (Å²) in [4.78, 5) is 23.7. The van der Waals surface area contributed by atoms with Crippen LogP contribution < -0.4 is 15.2 Å². The number of aliphatic carboxylic acids is 1. The van der Waals surface area contributed by atoms with E-state index in [1.165, 1.54) is 50.2 Å². The molecule has 1 amide bonds. The highest BCUT2D eigenvalue weighted by Gasteiger charge is 2.61. The predicted molar refractivity (Wildman–Crippen MR) is 116 cm³/mol. The highest BCUT2D eigenvalue weighted by atomic mass is 35.5. The minimum Gasteiger partial charge on any atom is -0.489 e. The topological polar surface area (TPSA) is 145 Å². The van der Waals surface area contributed by atoms with Gasteiger partial charge >= 0.3 is 5.97 Å². The lowest BCUT2D eigenvalue weighted by Crippen LogP contribution is -2.62. The summed E-state index contributed by atoms with van der Waals surface area (Å²) in [5.41, 5.74) is 2.44. The second-order valence-corrected chi connectivity index (χ2v) is 10.3. The van der Waals surface area contributed by atoms with Crippen molar-refractivity contribution in [2.24, 2.45) is 5.73 Å². The number of nitrogens with one attached hydrogen (secondary N) is 1. The number of ether oxygens (including phenoxy) is 2. The molecule has 0 saturated carbocycles. The Kier molecular flexibility index (Phi) is 6.72. The number of sulfonamides is 1. The number of hydrogen-bond acceptors (Lipinski definition) is 6. The third-order valence-corrected chi connectivity index (χ3v) is 6.97. The standard InChI is InChI=1S/C21H22ClFN2O7S/c1-20(2)11-21(19(27)28,17(32-20)18(24)26)25-33(29,30)15-7-5-14(6-8-15)31-10-12-3-4-13(23)9-16(12)22/h3-9,17,25H,10-11H2,1-2H3,(H2,24,26)(H,27,28). The number of primary amides is 1. The fourth-order valence-corrected chi connectivity index (χ4v) is 5.24. The van der Waals surface area contributed by atoms with Crippen molar-refractivity contribution in [2.75, 3.05) is 0 Å². The Labute approximate surface area is 194 Å². The van der Waals surface area contributed by atoms with E-state index in [0.29, 0.717) is 11.3 Å². The molecule has 12 heteroatoms. The van der Waals surface area contributed by atoms with E-state index in [-0.39, 0.29) is 22.9 Å². The Balaban J connectivity index is 1.80. The van der Waals surface area contributed by atoms with E-state index in [9.17, 15) is 27.5 Å². The summed E-state index contributed by atoms with van der Waals surface area (Å²) in [5.74, 6) is -2.88. The Morgan fingerprint density at radius 2 is 1.91 bits per heavy atom. The number of carbonyl (C=O) groups is 2. The zero-order valence-corrected chi connectivity index (χ0v) is 19.2. The Hall–Kier alpha value is -2.73. The van der Waals surface area contributed by atoms with E-state index in [0.717, 1.165) is 6.07 Å². The van der Waals surface area contributed by atoms with Crippen LogP contribution in [0.5, 0.6) is 5.75 Å². The molecule has 3 rings (SSSR count). The Morgan fingerprint density at radius 3 is 2.45 bits per heavy atom. The van der Waals surface area contributed by atoms with E-state index in [2.05, 4.69) is 4.72 Å². The molecule has 0 bridgehead atoms. The summed E-state index contributed by atoms with van der Waals surface area (Å²) in [6, 6.07) is 8.98. The van der Waals surface area contributed by atoms with Gasteiger partial charge < -0.3 is 20.3 Å². The molecule has 2 unspecified atom stereocenters. The van der Waals surface area contributed by atoms with Gasteiger partial charge in [-0.2, -0.15) is 4.72 Å². The second kappa shape index (κ2) is 8.90. The van der Waals surface area contributed by atoms with Gasteiger partial charge in [-0.25, -0.2) is 12.8 Å². The van der Waals surface area contributed by atoms with Crippen LogP contribution in [0, 0.1) is 5.82 Å². The molecular weight excluding hydrogens is 479 g/mol. The Morgan fingerprint density at radius 1 is 1.27 bits per heavy atom. The molecule has 2 aromatic rings. The fraction of sp³-hybridized carbons (Fsp3) is 0.333. The molecular formula is C21H22ClFN2O7S. The smallest absolute Gasteiger partial charge is 0.328 e. The van der Waals surface area contributed by atoms with Crippen molar-refractivity contribution in [3.05, 3.63) is 58.9 Å². The fourth-order valence-electron chi connectivity index (χ4n) is 3.66. The quantitative estimate of drug-likeness (QED) is 0.503. The molecule has 33 heavy (non-hydrogen) atoms. The maximum atomic E-state index is 13.1. The molecule has 1 fully saturated rings. The maximum absolute atomic E-state index is 13.1. The number of benzene rings is 2. The number of carbonyl (C=O) groups excluding carboxylic acids is 1. The summed E-state index contributed by atoms with van der Waals surface area (Å²) >= 11 is 5.96. The first-order valence-corrected chi connectivity index (χ1v) is 11.5. The van der Waals surface area contributed by atoms with Gasteiger partial charge in [0.05, 0.1) is 15.5 Å². The van der Waals surface area contributed by atoms with Crippen molar-refractivity contribution in [1.29, 1.82) is 0 Å². The molecule has 0 aromatic heterocycles. The van der Waals surface area contributed by atoms with Crippen molar-refractivity contribution in [1.82, 2.24) is 4.72 Å². The van der Waals surface area contributed by atoms with E-state index < -0.39 is 45.0 Å². The zero-order valence-electron chi connectivity index (χ0n) is 17.7. The van der Waals surface area contributed by atoms with E-state index in [1.54, 1.807) is 0 Å². The Bertz CT molecular complexity index is 1190. The van der Waals surface area contributed by atoms with Crippen molar-refractivity contribution in [2.45, 2.75) is 49.0 Å². The van der Waals surface area contributed by atoms with Crippen LogP contribution in [0.1, 0.15) is 25.8 Å². The lowest BCUT2D eigenvalue weighted by atomic mass is 9.86. The largest absolute Gasteiger partial charge is 0.489 e.